The molecule has 0 spiro atoms. The molecule has 1 unspecified atom stereocenters. The number of Topliss-reactive ketones (excluding diaryl/α,β-unsaturated/α-hetero) is 1. The highest BCUT2D eigenvalue weighted by Crippen LogP contribution is 2.43. The Morgan fingerprint density at radius 1 is 1.16 bits per heavy atom. The zero-order chi connectivity index (χ0) is 22.4. The van der Waals surface area contributed by atoms with Crippen molar-refractivity contribution < 1.29 is 27.9 Å². The number of thiophene rings is 2. The van der Waals surface area contributed by atoms with Crippen molar-refractivity contribution >= 4 is 50.0 Å². The molecule has 7 nitrogen and oxygen atoms in total. The number of sulfone groups is 1. The standard InChI is InChI=1S/C21H17NO6S3/c1-2-9-31(27,28)15-10-16-21(20(25)26,19(24)14-4-8-30-12-14)5-6-22(16)17(15)18(23)13-3-7-29-11-13/h2-4,7-8,10-12H,1,5-6,9H2,(H,25,26). The number of ketones is 2. The van der Waals surface area contributed by atoms with E-state index >= 15 is 0 Å². The van der Waals surface area contributed by atoms with E-state index in [2.05, 4.69) is 6.58 Å². The quantitative estimate of drug-likeness (QED) is 0.304. The van der Waals surface area contributed by atoms with Gasteiger partial charge in [-0.2, -0.15) is 22.7 Å². The Kier molecular flexibility index (Phi) is 5.32. The molecule has 0 bridgehead atoms. The van der Waals surface area contributed by atoms with E-state index in [9.17, 15) is 27.9 Å². The fourth-order valence-corrected chi connectivity index (χ4v) is 6.50. The van der Waals surface area contributed by atoms with Gasteiger partial charge in [-0.1, -0.05) is 6.08 Å². The van der Waals surface area contributed by atoms with E-state index in [1.54, 1.807) is 27.6 Å². The van der Waals surface area contributed by atoms with Crippen LogP contribution in [0.5, 0.6) is 0 Å². The van der Waals surface area contributed by atoms with Gasteiger partial charge in [0.05, 0.1) is 10.6 Å². The average Bonchev–Trinajstić information content (AvgIpc) is 3.51. The van der Waals surface area contributed by atoms with Crippen LogP contribution >= 0.6 is 22.7 Å². The van der Waals surface area contributed by atoms with Crippen molar-refractivity contribution in [3.63, 3.8) is 0 Å². The number of carbonyl (C=O) groups excluding carboxylic acids is 2. The van der Waals surface area contributed by atoms with Crippen LogP contribution in [0.1, 0.15) is 38.5 Å². The summed E-state index contributed by atoms with van der Waals surface area (Å²) in [4.78, 5) is 38.7. The van der Waals surface area contributed by atoms with Crippen LogP contribution < -0.4 is 0 Å². The number of hydrogen-bond donors (Lipinski definition) is 1. The molecule has 1 N–H and O–H groups in total. The maximum Gasteiger partial charge on any atom is 0.323 e. The molecule has 0 saturated heterocycles. The first-order valence-electron chi connectivity index (χ1n) is 9.19. The van der Waals surface area contributed by atoms with E-state index in [4.69, 9.17) is 0 Å². The molecule has 1 atom stereocenters. The third-order valence-electron chi connectivity index (χ3n) is 5.42. The minimum Gasteiger partial charge on any atom is -0.480 e. The molecular formula is C21H17NO6S3. The van der Waals surface area contributed by atoms with Gasteiger partial charge < -0.3 is 9.67 Å². The number of nitrogens with zero attached hydrogens (tertiary/aromatic N) is 1. The van der Waals surface area contributed by atoms with Crippen LogP contribution in [0.3, 0.4) is 0 Å². The Balaban J connectivity index is 1.99. The normalized spacial score (nSPS) is 17.9. The molecule has 4 rings (SSSR count). The summed E-state index contributed by atoms with van der Waals surface area (Å²) in [6.45, 7) is 3.50. The number of carboxylic acids is 1. The largest absolute Gasteiger partial charge is 0.480 e. The van der Waals surface area contributed by atoms with Crippen LogP contribution in [0.4, 0.5) is 0 Å². The van der Waals surface area contributed by atoms with Crippen molar-refractivity contribution in [1.82, 2.24) is 4.57 Å². The molecule has 4 heterocycles. The maximum atomic E-state index is 13.3. The lowest BCUT2D eigenvalue weighted by Gasteiger charge is -2.21. The summed E-state index contributed by atoms with van der Waals surface area (Å²) in [5.74, 6) is -2.94. The Bertz CT molecular complexity index is 1300. The zero-order valence-corrected chi connectivity index (χ0v) is 18.6. The topological polar surface area (TPSA) is 111 Å². The van der Waals surface area contributed by atoms with E-state index in [1.165, 1.54) is 45.4 Å². The number of carbonyl (C=O) groups is 3. The molecule has 10 heteroatoms. The minimum atomic E-state index is -3.97. The first kappa shape index (κ1) is 21.4. The highest BCUT2D eigenvalue weighted by molar-refractivity contribution is 7.91. The van der Waals surface area contributed by atoms with E-state index in [-0.39, 0.29) is 34.8 Å². The highest BCUT2D eigenvalue weighted by atomic mass is 32.2. The van der Waals surface area contributed by atoms with E-state index < -0.39 is 38.5 Å². The van der Waals surface area contributed by atoms with Gasteiger partial charge in [0.1, 0.15) is 5.69 Å². The molecule has 160 valence electrons. The maximum absolute atomic E-state index is 13.3. The van der Waals surface area contributed by atoms with E-state index in [0.29, 0.717) is 5.56 Å². The average molecular weight is 476 g/mol. The van der Waals surface area contributed by atoms with Gasteiger partial charge in [0, 0.05) is 34.1 Å². The SMILES string of the molecule is C=CCS(=O)(=O)c1cc2n(c1C(=O)c1ccsc1)CCC2(C(=O)O)C(=O)c1ccsc1. The van der Waals surface area contributed by atoms with Crippen molar-refractivity contribution in [3.8, 4) is 0 Å². The second-order valence-corrected chi connectivity index (χ2v) is 10.7. The lowest BCUT2D eigenvalue weighted by molar-refractivity contribution is -0.141. The van der Waals surface area contributed by atoms with Crippen LogP contribution in [-0.4, -0.2) is 41.4 Å². The number of rotatable bonds is 8. The Morgan fingerprint density at radius 3 is 2.35 bits per heavy atom. The van der Waals surface area contributed by atoms with E-state index in [1.807, 2.05) is 0 Å². The third kappa shape index (κ3) is 3.22. The van der Waals surface area contributed by atoms with Crippen LogP contribution in [0.2, 0.25) is 0 Å². The highest BCUT2D eigenvalue weighted by Gasteiger charge is 2.55. The lowest BCUT2D eigenvalue weighted by Crippen LogP contribution is -2.42. The molecule has 0 amide bonds. The Morgan fingerprint density at radius 2 is 1.81 bits per heavy atom. The minimum absolute atomic E-state index is 0.0115. The van der Waals surface area contributed by atoms with Gasteiger partial charge in [0.25, 0.3) is 0 Å². The fraction of sp³-hybridized carbons (Fsp3) is 0.190. The fourth-order valence-electron chi connectivity index (χ4n) is 3.95. The van der Waals surface area contributed by atoms with Gasteiger partial charge in [0.2, 0.25) is 5.78 Å². The second-order valence-electron chi connectivity index (χ2n) is 7.11. The molecular weight excluding hydrogens is 458 g/mol. The summed E-state index contributed by atoms with van der Waals surface area (Å²) in [6.07, 6.45) is 1.13. The third-order valence-corrected chi connectivity index (χ3v) is 8.44. The molecule has 0 radical (unpaired) electrons. The van der Waals surface area contributed by atoms with Crippen molar-refractivity contribution in [2.24, 2.45) is 0 Å². The summed E-state index contributed by atoms with van der Waals surface area (Å²) < 4.78 is 27.3. The summed E-state index contributed by atoms with van der Waals surface area (Å²) >= 11 is 2.55. The first-order chi connectivity index (χ1) is 14.7. The van der Waals surface area contributed by atoms with Gasteiger partial charge in [-0.3, -0.25) is 14.4 Å². The molecule has 0 aliphatic carbocycles. The van der Waals surface area contributed by atoms with Crippen LogP contribution in [0.25, 0.3) is 0 Å². The number of aliphatic carboxylic acids is 1. The molecule has 1 aliphatic heterocycles. The van der Waals surface area contributed by atoms with Crippen LogP contribution in [0, 0.1) is 0 Å². The zero-order valence-electron chi connectivity index (χ0n) is 16.1. The summed E-state index contributed by atoms with van der Waals surface area (Å²) in [6, 6.07) is 4.30. The molecule has 3 aromatic heterocycles. The molecule has 0 aromatic carbocycles. The summed E-state index contributed by atoms with van der Waals surface area (Å²) in [7, 11) is -3.97. The Labute approximate surface area is 186 Å². The number of fused-ring (bicyclic) bond motifs is 1. The summed E-state index contributed by atoms with van der Waals surface area (Å²) in [5, 5.41) is 16.7. The van der Waals surface area contributed by atoms with Crippen molar-refractivity contribution in [2.75, 3.05) is 5.75 Å². The smallest absolute Gasteiger partial charge is 0.323 e. The second kappa shape index (κ2) is 7.70. The van der Waals surface area contributed by atoms with Gasteiger partial charge in [-0.05, 0) is 35.4 Å². The number of aromatic nitrogens is 1. The first-order valence-corrected chi connectivity index (χ1v) is 12.7. The molecule has 31 heavy (non-hydrogen) atoms. The van der Waals surface area contributed by atoms with Gasteiger partial charge in [-0.25, -0.2) is 8.42 Å². The van der Waals surface area contributed by atoms with Crippen molar-refractivity contribution in [2.45, 2.75) is 23.3 Å². The number of carboxylic acid groups (broad SMARTS) is 1. The molecule has 0 fully saturated rings. The van der Waals surface area contributed by atoms with E-state index in [0.717, 1.165) is 0 Å². The van der Waals surface area contributed by atoms with Crippen molar-refractivity contribution in [3.05, 3.63) is 74.9 Å². The predicted molar refractivity (Wildman–Crippen MR) is 117 cm³/mol. The monoisotopic (exact) mass is 475 g/mol. The predicted octanol–water partition coefficient (Wildman–Crippen LogP) is 3.41. The van der Waals surface area contributed by atoms with Crippen molar-refractivity contribution in [1.29, 1.82) is 0 Å². The van der Waals surface area contributed by atoms with Gasteiger partial charge >= 0.3 is 5.97 Å². The van der Waals surface area contributed by atoms with Gasteiger partial charge in [-0.15, -0.1) is 6.58 Å². The number of hydrogen-bond acceptors (Lipinski definition) is 7. The summed E-state index contributed by atoms with van der Waals surface area (Å²) in [5.41, 5.74) is -1.53. The van der Waals surface area contributed by atoms with Crippen LogP contribution in [0.15, 0.2) is 57.3 Å². The molecule has 1 aliphatic rings. The molecule has 0 saturated carbocycles. The van der Waals surface area contributed by atoms with Crippen LogP contribution in [-0.2, 0) is 26.6 Å². The molecule has 3 aromatic rings. The van der Waals surface area contributed by atoms with Gasteiger partial charge in [0.15, 0.2) is 21.0 Å². The Hall–Kier alpha value is -2.82. The lowest BCUT2D eigenvalue weighted by atomic mass is 9.77.